The highest BCUT2D eigenvalue weighted by Gasteiger charge is 2.19. The maximum Gasteiger partial charge on any atom is 0.358 e. The summed E-state index contributed by atoms with van der Waals surface area (Å²) in [5.74, 6) is -0.892. The number of esters is 1. The molecule has 1 amide bonds. The van der Waals surface area contributed by atoms with E-state index in [-0.39, 0.29) is 11.6 Å². The fraction of sp³-hybridized carbons (Fsp3) is 0.263. The molecule has 0 bridgehead atoms. The van der Waals surface area contributed by atoms with E-state index in [9.17, 15) is 9.59 Å². The van der Waals surface area contributed by atoms with Crippen molar-refractivity contribution in [3.63, 3.8) is 0 Å². The van der Waals surface area contributed by atoms with Crippen LogP contribution in [-0.4, -0.2) is 38.5 Å². The first-order valence-corrected chi connectivity index (χ1v) is 8.40. The van der Waals surface area contributed by atoms with E-state index >= 15 is 0 Å². The van der Waals surface area contributed by atoms with Crippen molar-refractivity contribution in [2.75, 3.05) is 12.4 Å². The molecule has 0 aliphatic rings. The van der Waals surface area contributed by atoms with Crippen LogP contribution in [0, 0.1) is 13.8 Å². The number of amides is 1. The molecular formula is C19H21N5O3. The molecule has 2 heterocycles. The zero-order valence-electron chi connectivity index (χ0n) is 15.7. The van der Waals surface area contributed by atoms with Crippen molar-refractivity contribution in [1.82, 2.24) is 19.6 Å². The van der Waals surface area contributed by atoms with Crippen molar-refractivity contribution in [2.45, 2.75) is 20.4 Å². The van der Waals surface area contributed by atoms with Crippen molar-refractivity contribution in [3.8, 4) is 0 Å². The molecule has 0 aliphatic carbocycles. The van der Waals surface area contributed by atoms with Crippen molar-refractivity contribution >= 4 is 17.6 Å². The van der Waals surface area contributed by atoms with Crippen LogP contribution in [0.25, 0.3) is 0 Å². The summed E-state index contributed by atoms with van der Waals surface area (Å²) < 4.78 is 8.01. The number of rotatable bonds is 5. The first-order valence-electron chi connectivity index (χ1n) is 8.40. The maximum atomic E-state index is 12.5. The Kier molecular flexibility index (Phi) is 5.07. The van der Waals surface area contributed by atoms with Gasteiger partial charge in [-0.1, -0.05) is 12.1 Å². The lowest BCUT2D eigenvalue weighted by Crippen LogP contribution is -2.16. The molecule has 2 aromatic heterocycles. The van der Waals surface area contributed by atoms with E-state index in [1.807, 2.05) is 36.7 Å². The SMILES string of the molecule is COC(=O)c1c(NC(=O)c2ccc(Cn3nc(C)cc3C)cc2)cnn1C. The topological polar surface area (TPSA) is 91.0 Å². The number of hydrogen-bond acceptors (Lipinski definition) is 5. The maximum absolute atomic E-state index is 12.5. The zero-order chi connectivity index (χ0) is 19.6. The average molecular weight is 367 g/mol. The van der Waals surface area contributed by atoms with Gasteiger partial charge < -0.3 is 10.1 Å². The average Bonchev–Trinajstić information content (AvgIpc) is 3.16. The fourth-order valence-electron chi connectivity index (χ4n) is 2.83. The van der Waals surface area contributed by atoms with Crippen molar-refractivity contribution in [1.29, 1.82) is 0 Å². The van der Waals surface area contributed by atoms with E-state index in [4.69, 9.17) is 4.74 Å². The Bertz CT molecular complexity index is 985. The summed E-state index contributed by atoms with van der Waals surface area (Å²) in [7, 11) is 2.89. The summed E-state index contributed by atoms with van der Waals surface area (Å²) in [4.78, 5) is 24.3. The van der Waals surface area contributed by atoms with Gasteiger partial charge >= 0.3 is 5.97 Å². The molecule has 0 unspecified atom stereocenters. The Labute approximate surface area is 156 Å². The highest BCUT2D eigenvalue weighted by Crippen LogP contribution is 2.17. The Morgan fingerprint density at radius 3 is 2.48 bits per heavy atom. The molecule has 8 nitrogen and oxygen atoms in total. The van der Waals surface area contributed by atoms with E-state index in [0.29, 0.717) is 17.8 Å². The van der Waals surface area contributed by atoms with Gasteiger partial charge in [0.05, 0.1) is 31.2 Å². The third-order valence-corrected chi connectivity index (χ3v) is 4.22. The van der Waals surface area contributed by atoms with Crippen LogP contribution in [0.3, 0.4) is 0 Å². The minimum atomic E-state index is -0.564. The molecule has 0 radical (unpaired) electrons. The molecule has 0 saturated heterocycles. The minimum absolute atomic E-state index is 0.187. The number of carbonyl (C=O) groups is 2. The predicted molar refractivity (Wildman–Crippen MR) is 99.7 cm³/mol. The number of ether oxygens (including phenoxy) is 1. The second kappa shape index (κ2) is 7.45. The number of anilines is 1. The third kappa shape index (κ3) is 3.89. The molecule has 3 aromatic rings. The number of nitrogens with zero attached hydrogens (tertiary/aromatic N) is 4. The van der Waals surface area contributed by atoms with Crippen LogP contribution >= 0.6 is 0 Å². The predicted octanol–water partition coefficient (Wildman–Crippen LogP) is 2.32. The smallest absolute Gasteiger partial charge is 0.358 e. The molecule has 3 rings (SSSR count). The molecule has 0 saturated carbocycles. The largest absolute Gasteiger partial charge is 0.464 e. The number of hydrogen-bond donors (Lipinski definition) is 1. The molecule has 0 aliphatic heterocycles. The molecule has 1 N–H and O–H groups in total. The van der Waals surface area contributed by atoms with Crippen LogP contribution in [0.2, 0.25) is 0 Å². The van der Waals surface area contributed by atoms with Gasteiger partial charge in [-0.15, -0.1) is 0 Å². The van der Waals surface area contributed by atoms with Gasteiger partial charge in [0.2, 0.25) is 0 Å². The Balaban J connectivity index is 1.73. The Morgan fingerprint density at radius 2 is 1.89 bits per heavy atom. The van der Waals surface area contributed by atoms with Gasteiger partial charge in [-0.25, -0.2) is 4.79 Å². The molecule has 8 heteroatoms. The monoisotopic (exact) mass is 367 g/mol. The van der Waals surface area contributed by atoms with E-state index in [1.165, 1.54) is 18.0 Å². The van der Waals surface area contributed by atoms with Crippen molar-refractivity contribution in [3.05, 3.63) is 64.7 Å². The van der Waals surface area contributed by atoms with Gasteiger partial charge in [-0.2, -0.15) is 10.2 Å². The van der Waals surface area contributed by atoms with E-state index < -0.39 is 5.97 Å². The highest BCUT2D eigenvalue weighted by atomic mass is 16.5. The minimum Gasteiger partial charge on any atom is -0.464 e. The van der Waals surface area contributed by atoms with Crippen LogP contribution in [0.4, 0.5) is 5.69 Å². The number of methoxy groups -OCH3 is 1. The first kappa shape index (κ1) is 18.4. The summed E-state index contributed by atoms with van der Waals surface area (Å²) in [6.45, 7) is 4.60. The molecule has 0 atom stereocenters. The molecule has 27 heavy (non-hydrogen) atoms. The molecule has 0 fully saturated rings. The van der Waals surface area contributed by atoms with Gasteiger partial charge in [0.15, 0.2) is 5.69 Å². The molecular weight excluding hydrogens is 346 g/mol. The third-order valence-electron chi connectivity index (χ3n) is 4.22. The van der Waals surface area contributed by atoms with Gasteiger partial charge in [-0.05, 0) is 37.6 Å². The van der Waals surface area contributed by atoms with Crippen molar-refractivity contribution < 1.29 is 14.3 Å². The summed E-state index contributed by atoms with van der Waals surface area (Å²) in [6, 6.07) is 9.27. The van der Waals surface area contributed by atoms with Crippen LogP contribution in [-0.2, 0) is 18.3 Å². The standard InChI is InChI=1S/C19H21N5O3/c1-12-9-13(2)24(22-12)11-14-5-7-15(8-6-14)18(25)21-16-10-20-23(3)17(16)19(26)27-4/h5-10H,11H2,1-4H3,(H,21,25). The van der Waals surface area contributed by atoms with Gasteiger partial charge in [0, 0.05) is 18.3 Å². The first-order chi connectivity index (χ1) is 12.9. The lowest BCUT2D eigenvalue weighted by molar-refractivity contribution is 0.0589. The molecule has 0 spiro atoms. The van der Waals surface area contributed by atoms with E-state index in [0.717, 1.165) is 17.0 Å². The summed E-state index contributed by atoms with van der Waals surface area (Å²) >= 11 is 0. The highest BCUT2D eigenvalue weighted by molar-refractivity contribution is 6.07. The van der Waals surface area contributed by atoms with Crippen molar-refractivity contribution in [2.24, 2.45) is 7.05 Å². The number of aryl methyl sites for hydroxylation is 3. The fourth-order valence-corrected chi connectivity index (χ4v) is 2.83. The van der Waals surface area contributed by atoms with Crippen LogP contribution < -0.4 is 5.32 Å². The van der Waals surface area contributed by atoms with Gasteiger partial charge in [0.1, 0.15) is 0 Å². The van der Waals surface area contributed by atoms with E-state index in [1.54, 1.807) is 19.2 Å². The lowest BCUT2D eigenvalue weighted by Gasteiger charge is -2.08. The summed E-state index contributed by atoms with van der Waals surface area (Å²) in [5.41, 5.74) is 4.07. The Morgan fingerprint density at radius 1 is 1.19 bits per heavy atom. The van der Waals surface area contributed by atoms with Gasteiger partial charge in [-0.3, -0.25) is 14.2 Å². The number of benzene rings is 1. The Hall–Kier alpha value is -3.42. The summed E-state index contributed by atoms with van der Waals surface area (Å²) in [5, 5.41) is 11.1. The second-order valence-electron chi connectivity index (χ2n) is 6.26. The van der Waals surface area contributed by atoms with Gasteiger partial charge in [0.25, 0.3) is 5.91 Å². The van der Waals surface area contributed by atoms with E-state index in [2.05, 4.69) is 15.5 Å². The van der Waals surface area contributed by atoms with Crippen LogP contribution in [0.1, 0.15) is 37.8 Å². The summed E-state index contributed by atoms with van der Waals surface area (Å²) in [6.07, 6.45) is 1.42. The molecule has 1 aromatic carbocycles. The lowest BCUT2D eigenvalue weighted by atomic mass is 10.1. The number of nitrogens with one attached hydrogen (secondary N) is 1. The quantitative estimate of drug-likeness (QED) is 0.699. The normalized spacial score (nSPS) is 10.7. The zero-order valence-corrected chi connectivity index (χ0v) is 15.7. The number of aromatic nitrogens is 4. The molecule has 140 valence electrons. The van der Waals surface area contributed by atoms with Crippen LogP contribution in [0.15, 0.2) is 36.5 Å². The second-order valence-corrected chi connectivity index (χ2v) is 6.26. The number of carbonyl (C=O) groups excluding carboxylic acids is 2. The van der Waals surface area contributed by atoms with Crippen LogP contribution in [0.5, 0.6) is 0 Å².